The number of ether oxygens (including phenoxy) is 1. The fourth-order valence-corrected chi connectivity index (χ4v) is 4.29. The predicted molar refractivity (Wildman–Crippen MR) is 113 cm³/mol. The van der Waals surface area contributed by atoms with Gasteiger partial charge in [-0.3, -0.25) is 14.5 Å². The number of amides is 2. The summed E-state index contributed by atoms with van der Waals surface area (Å²) < 4.78 is 19.0. The minimum absolute atomic E-state index is 0.0383. The zero-order valence-electron chi connectivity index (χ0n) is 17.9. The number of benzene rings is 1. The Morgan fingerprint density at radius 1 is 1.29 bits per heavy atom. The fraction of sp³-hybridized carbons (Fsp3) is 0.478. The normalized spacial score (nSPS) is 18.0. The number of likely N-dealkylation sites (tertiary alicyclic amines) is 1. The molecule has 7 nitrogen and oxygen atoms in total. The zero-order chi connectivity index (χ0) is 22.0. The summed E-state index contributed by atoms with van der Waals surface area (Å²) >= 11 is 0. The van der Waals surface area contributed by atoms with Gasteiger partial charge >= 0.3 is 0 Å². The highest BCUT2D eigenvalue weighted by Crippen LogP contribution is 2.33. The van der Waals surface area contributed by atoms with Gasteiger partial charge in [0.15, 0.2) is 0 Å². The van der Waals surface area contributed by atoms with E-state index >= 15 is 0 Å². The van der Waals surface area contributed by atoms with Crippen molar-refractivity contribution >= 4 is 17.6 Å². The average molecular weight is 426 g/mol. The first-order valence-corrected chi connectivity index (χ1v) is 10.7. The lowest BCUT2D eigenvalue weighted by Crippen LogP contribution is -2.30. The average Bonchev–Trinajstić information content (AvgIpc) is 3.37. The van der Waals surface area contributed by atoms with Crippen molar-refractivity contribution in [3.8, 4) is 0 Å². The van der Waals surface area contributed by atoms with Crippen molar-refractivity contribution in [2.45, 2.75) is 38.5 Å². The molecule has 0 bridgehead atoms. The zero-order valence-corrected chi connectivity index (χ0v) is 17.9. The number of halogens is 1. The van der Waals surface area contributed by atoms with Gasteiger partial charge in [-0.05, 0) is 31.4 Å². The van der Waals surface area contributed by atoms with Crippen molar-refractivity contribution in [2.24, 2.45) is 0 Å². The van der Waals surface area contributed by atoms with Crippen molar-refractivity contribution in [1.82, 2.24) is 14.9 Å². The van der Waals surface area contributed by atoms with Crippen LogP contribution in [0.2, 0.25) is 0 Å². The molecule has 2 aliphatic rings. The third-order valence-electron chi connectivity index (χ3n) is 6.08. The molecule has 1 aromatic heterocycles. The van der Waals surface area contributed by atoms with Gasteiger partial charge in [0.25, 0.3) is 0 Å². The Labute approximate surface area is 181 Å². The third kappa shape index (κ3) is 4.44. The maximum Gasteiger partial charge on any atom is 0.232 e. The fourth-order valence-electron chi connectivity index (χ4n) is 4.29. The van der Waals surface area contributed by atoms with Crippen LogP contribution in [0.25, 0.3) is 0 Å². The van der Waals surface area contributed by atoms with Gasteiger partial charge in [-0.15, -0.1) is 0 Å². The highest BCUT2D eigenvalue weighted by molar-refractivity contribution is 6.00. The molecule has 0 aliphatic carbocycles. The number of fused-ring (bicyclic) bond motifs is 1. The standard InChI is InChI=1S/C23H27FN4O3/c1-15-18-13-21(30)28(11-8-16-5-3-4-6-19(16)24)23(18)26-22(25-15)17-7-10-27(14-17)20(29)9-12-31-2/h3-6,17H,7-14H2,1-2H3/t17-/m0/s1. The summed E-state index contributed by atoms with van der Waals surface area (Å²) in [6.07, 6.45) is 1.85. The Morgan fingerprint density at radius 2 is 2.10 bits per heavy atom. The Hall–Kier alpha value is -2.87. The first-order chi connectivity index (χ1) is 15.0. The smallest absolute Gasteiger partial charge is 0.232 e. The van der Waals surface area contributed by atoms with Crippen molar-refractivity contribution < 1.29 is 18.7 Å². The monoisotopic (exact) mass is 426 g/mol. The van der Waals surface area contributed by atoms with E-state index in [9.17, 15) is 14.0 Å². The SMILES string of the molecule is COCCC(=O)N1CC[C@H](c2nc(C)c3c(n2)N(CCc2ccccc2F)C(=O)C3)C1. The summed E-state index contributed by atoms with van der Waals surface area (Å²) in [5.41, 5.74) is 2.22. The molecule has 1 saturated heterocycles. The second-order valence-electron chi connectivity index (χ2n) is 8.10. The molecule has 3 heterocycles. The molecule has 4 rings (SSSR count). The summed E-state index contributed by atoms with van der Waals surface area (Å²) in [6.45, 7) is 3.92. The first kappa shape index (κ1) is 21.4. The van der Waals surface area contributed by atoms with E-state index < -0.39 is 0 Å². The van der Waals surface area contributed by atoms with Gasteiger partial charge in [0.1, 0.15) is 17.5 Å². The van der Waals surface area contributed by atoms with E-state index in [2.05, 4.69) is 4.98 Å². The molecule has 2 amide bonds. The topological polar surface area (TPSA) is 75.6 Å². The van der Waals surface area contributed by atoms with E-state index in [0.29, 0.717) is 56.3 Å². The number of carbonyl (C=O) groups excluding carboxylic acids is 2. The Bertz CT molecular complexity index is 997. The minimum Gasteiger partial charge on any atom is -0.384 e. The molecule has 0 radical (unpaired) electrons. The Kier molecular flexibility index (Phi) is 6.27. The van der Waals surface area contributed by atoms with Crippen molar-refractivity contribution in [2.75, 3.05) is 38.3 Å². The molecule has 1 aromatic carbocycles. The summed E-state index contributed by atoms with van der Waals surface area (Å²) in [6, 6.07) is 6.62. The largest absolute Gasteiger partial charge is 0.384 e. The van der Waals surface area contributed by atoms with E-state index in [-0.39, 0.29) is 30.0 Å². The molecule has 1 fully saturated rings. The van der Waals surface area contributed by atoms with E-state index in [1.165, 1.54) is 6.07 Å². The molecule has 2 aliphatic heterocycles. The highest BCUT2D eigenvalue weighted by atomic mass is 19.1. The van der Waals surface area contributed by atoms with Gasteiger partial charge in [-0.2, -0.15) is 0 Å². The van der Waals surface area contributed by atoms with E-state index in [0.717, 1.165) is 17.7 Å². The maximum atomic E-state index is 14.0. The maximum absolute atomic E-state index is 14.0. The van der Waals surface area contributed by atoms with Crippen LogP contribution in [-0.4, -0.2) is 60.0 Å². The Morgan fingerprint density at radius 3 is 2.87 bits per heavy atom. The molecule has 0 spiro atoms. The number of carbonyl (C=O) groups is 2. The molecule has 2 aromatic rings. The number of anilines is 1. The van der Waals surface area contributed by atoms with E-state index in [4.69, 9.17) is 9.72 Å². The van der Waals surface area contributed by atoms with Crippen LogP contribution in [0.5, 0.6) is 0 Å². The van der Waals surface area contributed by atoms with E-state index in [1.54, 1.807) is 30.2 Å². The van der Waals surface area contributed by atoms with Gasteiger partial charge in [0.2, 0.25) is 11.8 Å². The van der Waals surface area contributed by atoms with Crippen LogP contribution in [-0.2, 0) is 27.2 Å². The molecule has 0 unspecified atom stereocenters. The molecule has 164 valence electrons. The van der Waals surface area contributed by atoms with Gasteiger partial charge in [0, 0.05) is 43.9 Å². The molecule has 31 heavy (non-hydrogen) atoms. The van der Waals surface area contributed by atoms with Crippen LogP contribution in [0.4, 0.5) is 10.2 Å². The van der Waals surface area contributed by atoms with Crippen LogP contribution in [0.3, 0.4) is 0 Å². The number of hydrogen-bond donors (Lipinski definition) is 0. The van der Waals surface area contributed by atoms with Crippen LogP contribution in [0.1, 0.15) is 41.4 Å². The third-order valence-corrected chi connectivity index (χ3v) is 6.08. The number of hydrogen-bond acceptors (Lipinski definition) is 5. The molecule has 0 saturated carbocycles. The summed E-state index contributed by atoms with van der Waals surface area (Å²) in [4.78, 5) is 37.9. The quantitative estimate of drug-likeness (QED) is 0.680. The van der Waals surface area contributed by atoms with Crippen LogP contribution in [0, 0.1) is 12.7 Å². The van der Waals surface area contributed by atoms with Gasteiger partial charge in [-0.1, -0.05) is 18.2 Å². The Balaban J connectivity index is 1.51. The van der Waals surface area contributed by atoms with Crippen molar-refractivity contribution in [3.63, 3.8) is 0 Å². The first-order valence-electron chi connectivity index (χ1n) is 10.7. The van der Waals surface area contributed by atoms with E-state index in [1.807, 2.05) is 11.8 Å². The second kappa shape index (κ2) is 9.09. The molecule has 8 heteroatoms. The molecule has 1 atom stereocenters. The lowest BCUT2D eigenvalue weighted by atomic mass is 10.1. The van der Waals surface area contributed by atoms with Gasteiger partial charge in [-0.25, -0.2) is 14.4 Å². The summed E-state index contributed by atoms with van der Waals surface area (Å²) in [7, 11) is 1.58. The molecule has 0 N–H and O–H groups in total. The number of aromatic nitrogens is 2. The second-order valence-corrected chi connectivity index (χ2v) is 8.10. The molecular formula is C23H27FN4O3. The summed E-state index contributed by atoms with van der Waals surface area (Å²) in [5, 5.41) is 0. The number of aryl methyl sites for hydroxylation is 1. The minimum atomic E-state index is -0.266. The number of methoxy groups -OCH3 is 1. The predicted octanol–water partition coefficient (Wildman–Crippen LogP) is 2.41. The number of nitrogens with zero attached hydrogens (tertiary/aromatic N) is 4. The van der Waals surface area contributed by atoms with Gasteiger partial charge < -0.3 is 9.64 Å². The highest BCUT2D eigenvalue weighted by Gasteiger charge is 2.34. The van der Waals surface area contributed by atoms with Crippen LogP contribution >= 0.6 is 0 Å². The van der Waals surface area contributed by atoms with Gasteiger partial charge in [0.05, 0.1) is 19.4 Å². The lowest BCUT2D eigenvalue weighted by molar-refractivity contribution is -0.131. The summed E-state index contributed by atoms with van der Waals surface area (Å²) in [5.74, 6) is 1.11. The lowest BCUT2D eigenvalue weighted by Gasteiger charge is -2.19. The van der Waals surface area contributed by atoms with Crippen LogP contribution in [0.15, 0.2) is 24.3 Å². The molecular weight excluding hydrogens is 399 g/mol. The number of rotatable bonds is 7. The van der Waals surface area contributed by atoms with Crippen molar-refractivity contribution in [3.05, 3.63) is 52.7 Å². The van der Waals surface area contributed by atoms with Crippen LogP contribution < -0.4 is 4.90 Å². The van der Waals surface area contributed by atoms with Crippen molar-refractivity contribution in [1.29, 1.82) is 0 Å².